The predicted molar refractivity (Wildman–Crippen MR) is 60.8 cm³/mol. The molecule has 0 N–H and O–H groups in total. The number of carbonyl (C=O) groups is 1. The van der Waals surface area contributed by atoms with Crippen molar-refractivity contribution in [2.45, 2.75) is 11.8 Å². The van der Waals surface area contributed by atoms with Crippen LogP contribution >= 0.6 is 23.4 Å². The summed E-state index contributed by atoms with van der Waals surface area (Å²) in [6.07, 6.45) is 1.93. The first-order chi connectivity index (χ1) is 6.66. The third-order valence-corrected chi connectivity index (χ3v) is 3.51. The summed E-state index contributed by atoms with van der Waals surface area (Å²) in [5, 5.41) is 0.713. The topological polar surface area (TPSA) is 17.1 Å². The van der Waals surface area contributed by atoms with Gasteiger partial charge in [0.15, 0.2) is 5.78 Å². The number of carbonyl (C=O) groups excluding carboxylic acids is 1. The SMILES string of the molecule is CC(=O)C1=Cc2cc(Cl)ccc2SC1. The summed E-state index contributed by atoms with van der Waals surface area (Å²) in [7, 11) is 0. The fourth-order valence-corrected chi connectivity index (χ4v) is 2.58. The molecule has 0 fully saturated rings. The van der Waals surface area contributed by atoms with Crippen molar-refractivity contribution >= 4 is 35.2 Å². The lowest BCUT2D eigenvalue weighted by Gasteiger charge is -2.14. The highest BCUT2D eigenvalue weighted by Crippen LogP contribution is 2.33. The number of fused-ring (bicyclic) bond motifs is 1. The molecule has 0 spiro atoms. The van der Waals surface area contributed by atoms with Crippen molar-refractivity contribution in [2.24, 2.45) is 0 Å². The second-order valence-electron chi connectivity index (χ2n) is 3.20. The van der Waals surface area contributed by atoms with Crippen molar-refractivity contribution < 1.29 is 4.79 Å². The highest BCUT2D eigenvalue weighted by molar-refractivity contribution is 7.99. The molecule has 2 rings (SSSR count). The highest BCUT2D eigenvalue weighted by atomic mass is 35.5. The lowest BCUT2D eigenvalue weighted by atomic mass is 10.1. The van der Waals surface area contributed by atoms with E-state index in [9.17, 15) is 4.79 Å². The van der Waals surface area contributed by atoms with Crippen LogP contribution in [0.5, 0.6) is 0 Å². The van der Waals surface area contributed by atoms with E-state index in [4.69, 9.17) is 11.6 Å². The van der Waals surface area contributed by atoms with Crippen molar-refractivity contribution in [1.82, 2.24) is 0 Å². The monoisotopic (exact) mass is 224 g/mol. The molecule has 72 valence electrons. The Balaban J connectivity index is 2.47. The maximum atomic E-state index is 11.2. The molecule has 1 aliphatic heterocycles. The van der Waals surface area contributed by atoms with Gasteiger partial charge in [0.05, 0.1) is 0 Å². The van der Waals surface area contributed by atoms with Crippen LogP contribution in [0.2, 0.25) is 5.02 Å². The number of rotatable bonds is 1. The van der Waals surface area contributed by atoms with Crippen molar-refractivity contribution in [1.29, 1.82) is 0 Å². The van der Waals surface area contributed by atoms with Gasteiger partial charge >= 0.3 is 0 Å². The van der Waals surface area contributed by atoms with Crippen LogP contribution in [0.15, 0.2) is 28.7 Å². The van der Waals surface area contributed by atoms with Crippen LogP contribution in [0.25, 0.3) is 6.08 Å². The molecule has 1 aromatic rings. The average Bonchev–Trinajstić information content (AvgIpc) is 2.16. The standard InChI is InChI=1S/C11H9ClOS/c1-7(13)9-4-8-5-10(12)2-3-11(8)14-6-9/h2-5H,6H2,1H3. The maximum absolute atomic E-state index is 11.2. The van der Waals surface area contributed by atoms with Gasteiger partial charge in [0, 0.05) is 21.2 Å². The number of hydrogen-bond acceptors (Lipinski definition) is 2. The molecule has 0 saturated carbocycles. The first-order valence-corrected chi connectivity index (χ1v) is 5.67. The number of benzene rings is 1. The van der Waals surface area contributed by atoms with E-state index in [1.807, 2.05) is 24.3 Å². The predicted octanol–water partition coefficient (Wildman–Crippen LogP) is 3.42. The smallest absolute Gasteiger partial charge is 0.156 e. The molecule has 1 heterocycles. The Hall–Kier alpha value is -0.730. The lowest BCUT2D eigenvalue weighted by Crippen LogP contribution is -2.03. The first kappa shape index (κ1) is 9.81. The molecule has 1 aliphatic rings. The molecule has 0 aliphatic carbocycles. The molecular formula is C11H9ClOS. The highest BCUT2D eigenvalue weighted by Gasteiger charge is 2.13. The summed E-state index contributed by atoms with van der Waals surface area (Å²) in [4.78, 5) is 12.4. The zero-order valence-electron chi connectivity index (χ0n) is 7.71. The van der Waals surface area contributed by atoms with E-state index in [0.717, 1.165) is 16.9 Å². The molecule has 0 atom stereocenters. The van der Waals surface area contributed by atoms with Crippen molar-refractivity contribution in [2.75, 3.05) is 5.75 Å². The second kappa shape index (κ2) is 3.79. The molecule has 0 aromatic heterocycles. The molecule has 0 bridgehead atoms. The molecule has 0 radical (unpaired) electrons. The fourth-order valence-electron chi connectivity index (χ4n) is 1.35. The molecule has 0 amide bonds. The summed E-state index contributed by atoms with van der Waals surface area (Å²) in [6.45, 7) is 1.60. The minimum atomic E-state index is 0.142. The summed E-state index contributed by atoms with van der Waals surface area (Å²) in [6, 6.07) is 5.77. The zero-order valence-corrected chi connectivity index (χ0v) is 9.28. The Morgan fingerprint density at radius 2 is 2.29 bits per heavy atom. The van der Waals surface area contributed by atoms with Gasteiger partial charge in [-0.3, -0.25) is 4.79 Å². The molecule has 0 unspecified atom stereocenters. The molecule has 1 nitrogen and oxygen atoms in total. The van der Waals surface area contributed by atoms with Gasteiger partial charge in [0.2, 0.25) is 0 Å². The van der Waals surface area contributed by atoms with E-state index in [2.05, 4.69) is 0 Å². The molecule has 3 heteroatoms. The van der Waals surface area contributed by atoms with E-state index < -0.39 is 0 Å². The maximum Gasteiger partial charge on any atom is 0.156 e. The van der Waals surface area contributed by atoms with Gasteiger partial charge in [-0.2, -0.15) is 0 Å². The molecular weight excluding hydrogens is 216 g/mol. The van der Waals surface area contributed by atoms with Crippen LogP contribution in [0.3, 0.4) is 0 Å². The Bertz CT molecular complexity index is 423. The van der Waals surface area contributed by atoms with Crippen LogP contribution in [0.1, 0.15) is 12.5 Å². The molecule has 0 saturated heterocycles. The van der Waals surface area contributed by atoms with E-state index in [1.165, 1.54) is 4.90 Å². The third-order valence-electron chi connectivity index (χ3n) is 2.14. The van der Waals surface area contributed by atoms with Crippen molar-refractivity contribution in [3.63, 3.8) is 0 Å². The quantitative estimate of drug-likeness (QED) is 0.727. The minimum Gasteiger partial charge on any atom is -0.295 e. The van der Waals surface area contributed by atoms with Crippen molar-refractivity contribution in [3.8, 4) is 0 Å². The van der Waals surface area contributed by atoms with Crippen LogP contribution < -0.4 is 0 Å². The summed E-state index contributed by atoms with van der Waals surface area (Å²) < 4.78 is 0. The second-order valence-corrected chi connectivity index (χ2v) is 4.65. The Labute approximate surface area is 92.1 Å². The van der Waals surface area contributed by atoms with Crippen LogP contribution in [-0.2, 0) is 4.79 Å². The van der Waals surface area contributed by atoms with E-state index in [-0.39, 0.29) is 5.78 Å². The number of halogens is 1. The van der Waals surface area contributed by atoms with Gasteiger partial charge in [0.1, 0.15) is 0 Å². The summed E-state index contributed by atoms with van der Waals surface area (Å²) in [5.74, 6) is 0.910. The van der Waals surface area contributed by atoms with Crippen LogP contribution in [0, 0.1) is 0 Å². The normalized spacial score (nSPS) is 14.6. The van der Waals surface area contributed by atoms with E-state index >= 15 is 0 Å². The zero-order chi connectivity index (χ0) is 10.1. The average molecular weight is 225 g/mol. The molecule has 1 aromatic carbocycles. The molecule has 14 heavy (non-hydrogen) atoms. The summed E-state index contributed by atoms with van der Waals surface area (Å²) in [5.41, 5.74) is 1.92. The number of ketones is 1. The Morgan fingerprint density at radius 3 is 3.00 bits per heavy atom. The van der Waals surface area contributed by atoms with Crippen molar-refractivity contribution in [3.05, 3.63) is 34.4 Å². The number of Topliss-reactive ketones (excluding diaryl/α,β-unsaturated/α-hetero) is 1. The largest absolute Gasteiger partial charge is 0.295 e. The first-order valence-electron chi connectivity index (χ1n) is 4.30. The summed E-state index contributed by atoms with van der Waals surface area (Å²) >= 11 is 7.57. The lowest BCUT2D eigenvalue weighted by molar-refractivity contribution is -0.113. The fraction of sp³-hybridized carbons (Fsp3) is 0.182. The Kier molecular flexibility index (Phi) is 2.66. The third kappa shape index (κ3) is 1.86. The minimum absolute atomic E-state index is 0.142. The Morgan fingerprint density at radius 1 is 1.50 bits per heavy atom. The van der Waals surface area contributed by atoms with Gasteiger partial charge in [-0.1, -0.05) is 11.6 Å². The van der Waals surface area contributed by atoms with Gasteiger partial charge < -0.3 is 0 Å². The number of thioether (sulfide) groups is 1. The van der Waals surface area contributed by atoms with Gasteiger partial charge in [-0.05, 0) is 36.8 Å². The van der Waals surface area contributed by atoms with Gasteiger partial charge in [-0.15, -0.1) is 11.8 Å². The van der Waals surface area contributed by atoms with E-state index in [1.54, 1.807) is 18.7 Å². The van der Waals surface area contributed by atoms with Gasteiger partial charge in [-0.25, -0.2) is 0 Å². The van der Waals surface area contributed by atoms with Crippen LogP contribution in [-0.4, -0.2) is 11.5 Å². The van der Waals surface area contributed by atoms with Gasteiger partial charge in [0.25, 0.3) is 0 Å². The van der Waals surface area contributed by atoms with Crippen LogP contribution in [0.4, 0.5) is 0 Å². The van der Waals surface area contributed by atoms with E-state index in [0.29, 0.717) is 5.02 Å². The number of hydrogen-bond donors (Lipinski definition) is 0.